The predicted octanol–water partition coefficient (Wildman–Crippen LogP) is 3.85. The van der Waals surface area contributed by atoms with Crippen LogP contribution in [0.1, 0.15) is 58.0 Å². The van der Waals surface area contributed by atoms with Crippen LogP contribution in [0.15, 0.2) is 36.4 Å². The van der Waals surface area contributed by atoms with E-state index in [0.29, 0.717) is 5.56 Å². The summed E-state index contributed by atoms with van der Waals surface area (Å²) in [6, 6.07) is 7.43. The number of carbonyl (C=O) groups is 2. The van der Waals surface area contributed by atoms with E-state index in [1.54, 1.807) is 0 Å². The van der Waals surface area contributed by atoms with Crippen molar-refractivity contribution in [1.82, 2.24) is 0 Å². The Morgan fingerprint density at radius 2 is 1.25 bits per heavy atom. The molecule has 0 radical (unpaired) electrons. The number of hydrogen-bond donors (Lipinski definition) is 1. The molecule has 0 saturated heterocycles. The van der Waals surface area contributed by atoms with Crippen LogP contribution in [-0.2, 0) is 9.47 Å². The number of methoxy groups -OCH3 is 2. The molecule has 0 fully saturated rings. The van der Waals surface area contributed by atoms with Gasteiger partial charge in [0.2, 0.25) is 0 Å². The first-order chi connectivity index (χ1) is 14.9. The standard InChI is InChI=1S/C10H10FNO4.C10H11NO5/c1-6(11)7-3-4-8(10(13)16-2)9(5-7)12(14)15;1-6(12)7-3-4-8(10(13)16-2)9(5-7)11(14)15/h3-6H,1-2H3;3-6,12H,1-2H3. The van der Waals surface area contributed by atoms with Crippen molar-refractivity contribution in [3.8, 4) is 0 Å². The number of rotatable bonds is 6. The molecular formula is C20H21FN2O9. The summed E-state index contributed by atoms with van der Waals surface area (Å²) in [6.07, 6.45) is -2.16. The van der Waals surface area contributed by atoms with Crippen molar-refractivity contribution in [3.05, 3.63) is 78.9 Å². The summed E-state index contributed by atoms with van der Waals surface area (Å²) in [6.45, 7) is 2.74. The summed E-state index contributed by atoms with van der Waals surface area (Å²) in [5.74, 6) is -1.59. The van der Waals surface area contributed by atoms with Crippen LogP contribution in [-0.4, -0.2) is 41.1 Å². The van der Waals surface area contributed by atoms with Crippen molar-refractivity contribution in [2.75, 3.05) is 14.2 Å². The number of aliphatic hydroxyl groups is 1. The Morgan fingerprint density at radius 3 is 1.56 bits per heavy atom. The van der Waals surface area contributed by atoms with Gasteiger partial charge in [-0.1, -0.05) is 12.1 Å². The molecule has 0 amide bonds. The van der Waals surface area contributed by atoms with E-state index in [1.165, 1.54) is 38.1 Å². The average Bonchev–Trinajstić information content (AvgIpc) is 2.77. The smallest absolute Gasteiger partial charge is 0.344 e. The van der Waals surface area contributed by atoms with E-state index >= 15 is 0 Å². The van der Waals surface area contributed by atoms with E-state index < -0.39 is 39.7 Å². The minimum Gasteiger partial charge on any atom is -0.465 e. The molecule has 1 N–H and O–H groups in total. The van der Waals surface area contributed by atoms with E-state index in [1.807, 2.05) is 0 Å². The number of nitro groups is 2. The third kappa shape index (κ3) is 6.54. The number of ether oxygens (including phenoxy) is 2. The number of carbonyl (C=O) groups excluding carboxylic acids is 2. The average molecular weight is 452 g/mol. The minimum absolute atomic E-state index is 0.128. The molecule has 0 aliphatic heterocycles. The van der Waals surface area contributed by atoms with Gasteiger partial charge in [-0.2, -0.15) is 0 Å². The van der Waals surface area contributed by atoms with E-state index in [4.69, 9.17) is 0 Å². The van der Waals surface area contributed by atoms with E-state index in [-0.39, 0.29) is 22.4 Å². The van der Waals surface area contributed by atoms with Gasteiger partial charge in [-0.05, 0) is 37.1 Å². The normalized spacial score (nSPS) is 11.9. The summed E-state index contributed by atoms with van der Waals surface area (Å²) in [5, 5.41) is 30.7. The van der Waals surface area contributed by atoms with Gasteiger partial charge in [0.15, 0.2) is 0 Å². The molecule has 11 nitrogen and oxygen atoms in total. The van der Waals surface area contributed by atoms with Crippen LogP contribution in [0, 0.1) is 20.2 Å². The number of nitro benzene ring substituents is 2. The van der Waals surface area contributed by atoms with Crippen LogP contribution < -0.4 is 0 Å². The molecule has 0 aliphatic carbocycles. The molecule has 0 saturated carbocycles. The first kappa shape index (κ1) is 26.1. The lowest BCUT2D eigenvalue weighted by atomic mass is 10.1. The van der Waals surface area contributed by atoms with Gasteiger partial charge >= 0.3 is 11.9 Å². The van der Waals surface area contributed by atoms with Gasteiger partial charge in [0.25, 0.3) is 11.4 Å². The Kier molecular flexibility index (Phi) is 9.35. The maximum Gasteiger partial charge on any atom is 0.344 e. The number of alkyl halides is 1. The first-order valence-corrected chi connectivity index (χ1v) is 9.00. The summed E-state index contributed by atoms with van der Waals surface area (Å²) < 4.78 is 21.8. The Labute approximate surface area is 181 Å². The summed E-state index contributed by atoms with van der Waals surface area (Å²) in [5.41, 5.74) is -0.605. The maximum absolute atomic E-state index is 13.0. The zero-order chi connectivity index (χ0) is 24.6. The minimum atomic E-state index is -1.33. The highest BCUT2D eigenvalue weighted by molar-refractivity contribution is 5.94. The van der Waals surface area contributed by atoms with Crippen molar-refractivity contribution < 1.29 is 38.4 Å². The molecule has 2 rings (SSSR count). The molecule has 2 aromatic carbocycles. The van der Waals surface area contributed by atoms with Gasteiger partial charge in [0.1, 0.15) is 17.3 Å². The Balaban J connectivity index is 0.000000320. The fourth-order valence-electron chi connectivity index (χ4n) is 2.47. The lowest BCUT2D eigenvalue weighted by Crippen LogP contribution is -2.06. The monoisotopic (exact) mass is 452 g/mol. The van der Waals surface area contributed by atoms with E-state index in [0.717, 1.165) is 26.4 Å². The molecule has 2 unspecified atom stereocenters. The van der Waals surface area contributed by atoms with Crippen LogP contribution in [0.3, 0.4) is 0 Å². The van der Waals surface area contributed by atoms with Gasteiger partial charge in [-0.25, -0.2) is 14.0 Å². The Morgan fingerprint density at radius 1 is 0.875 bits per heavy atom. The second-order valence-corrected chi connectivity index (χ2v) is 6.34. The summed E-state index contributed by atoms with van der Waals surface area (Å²) in [4.78, 5) is 42.4. The molecular weight excluding hydrogens is 431 g/mol. The van der Waals surface area contributed by atoms with Crippen LogP contribution in [0.2, 0.25) is 0 Å². The van der Waals surface area contributed by atoms with Gasteiger partial charge in [0, 0.05) is 12.1 Å². The quantitative estimate of drug-likeness (QED) is 0.390. The fourth-order valence-corrected chi connectivity index (χ4v) is 2.47. The molecule has 2 atom stereocenters. The summed E-state index contributed by atoms with van der Waals surface area (Å²) >= 11 is 0. The van der Waals surface area contributed by atoms with Gasteiger partial charge in [-0.3, -0.25) is 20.2 Å². The lowest BCUT2D eigenvalue weighted by Gasteiger charge is -2.06. The lowest BCUT2D eigenvalue weighted by molar-refractivity contribution is -0.385. The van der Waals surface area contributed by atoms with Crippen molar-refractivity contribution in [3.63, 3.8) is 0 Å². The highest BCUT2D eigenvalue weighted by Gasteiger charge is 2.23. The fraction of sp³-hybridized carbons (Fsp3) is 0.300. The molecule has 0 heterocycles. The number of aliphatic hydroxyl groups excluding tert-OH is 1. The molecule has 0 spiro atoms. The van der Waals surface area contributed by atoms with Crippen LogP contribution in [0.4, 0.5) is 15.8 Å². The zero-order valence-corrected chi connectivity index (χ0v) is 17.6. The maximum atomic E-state index is 13.0. The van der Waals surface area contributed by atoms with E-state index in [2.05, 4.69) is 9.47 Å². The molecule has 0 bridgehead atoms. The second kappa shape index (κ2) is 11.5. The Hall–Kier alpha value is -3.93. The predicted molar refractivity (Wildman–Crippen MR) is 109 cm³/mol. The van der Waals surface area contributed by atoms with Crippen molar-refractivity contribution in [2.45, 2.75) is 26.1 Å². The molecule has 2 aromatic rings. The number of nitrogens with zero attached hydrogens (tertiary/aromatic N) is 2. The number of halogens is 1. The summed E-state index contributed by atoms with van der Waals surface area (Å²) in [7, 11) is 2.27. The second-order valence-electron chi connectivity index (χ2n) is 6.34. The molecule has 12 heteroatoms. The SMILES string of the molecule is COC(=O)c1ccc(C(C)F)cc1[N+](=O)[O-].COC(=O)c1ccc(C(C)O)cc1[N+](=O)[O-]. The first-order valence-electron chi connectivity index (χ1n) is 9.00. The third-order valence-corrected chi connectivity index (χ3v) is 4.19. The highest BCUT2D eigenvalue weighted by atomic mass is 19.1. The van der Waals surface area contributed by atoms with Crippen LogP contribution in [0.25, 0.3) is 0 Å². The topological polar surface area (TPSA) is 159 Å². The molecule has 172 valence electrons. The Bertz CT molecular complexity index is 941. The van der Waals surface area contributed by atoms with Gasteiger partial charge in [-0.15, -0.1) is 0 Å². The third-order valence-electron chi connectivity index (χ3n) is 4.19. The van der Waals surface area contributed by atoms with Crippen molar-refractivity contribution in [2.24, 2.45) is 0 Å². The van der Waals surface area contributed by atoms with Gasteiger partial charge in [0.05, 0.1) is 30.2 Å². The highest BCUT2D eigenvalue weighted by Crippen LogP contribution is 2.26. The van der Waals surface area contributed by atoms with Crippen LogP contribution >= 0.6 is 0 Å². The molecule has 0 aromatic heterocycles. The molecule has 0 aliphatic rings. The zero-order valence-electron chi connectivity index (χ0n) is 17.6. The number of hydrogen-bond acceptors (Lipinski definition) is 9. The van der Waals surface area contributed by atoms with Crippen LogP contribution in [0.5, 0.6) is 0 Å². The van der Waals surface area contributed by atoms with Crippen molar-refractivity contribution >= 4 is 23.3 Å². The van der Waals surface area contributed by atoms with Crippen molar-refractivity contribution in [1.29, 1.82) is 0 Å². The van der Waals surface area contributed by atoms with Gasteiger partial charge < -0.3 is 14.6 Å². The molecule has 32 heavy (non-hydrogen) atoms. The largest absolute Gasteiger partial charge is 0.465 e. The number of benzene rings is 2. The number of esters is 2. The van der Waals surface area contributed by atoms with E-state index in [9.17, 15) is 39.3 Å².